The maximum atomic E-state index is 11.8. The van der Waals surface area contributed by atoms with Crippen molar-refractivity contribution in [3.05, 3.63) is 35.9 Å². The van der Waals surface area contributed by atoms with Gasteiger partial charge in [-0.1, -0.05) is 32.0 Å². The van der Waals surface area contributed by atoms with E-state index in [4.69, 9.17) is 4.74 Å². The molecule has 1 aromatic carbocycles. The Morgan fingerprint density at radius 3 is 2.37 bits per heavy atom. The van der Waals surface area contributed by atoms with Crippen molar-refractivity contribution >= 4 is 11.9 Å². The van der Waals surface area contributed by atoms with E-state index in [2.05, 4.69) is 19.2 Å². The van der Waals surface area contributed by atoms with E-state index in [1.54, 1.807) is 31.2 Å². The van der Waals surface area contributed by atoms with Crippen LogP contribution in [0, 0.1) is 5.92 Å². The van der Waals surface area contributed by atoms with Crippen LogP contribution in [0.15, 0.2) is 30.3 Å². The lowest BCUT2D eigenvalue weighted by Gasteiger charge is -2.14. The minimum atomic E-state index is -0.639. The Morgan fingerprint density at radius 2 is 1.79 bits per heavy atom. The van der Waals surface area contributed by atoms with Crippen molar-refractivity contribution in [3.8, 4) is 0 Å². The number of carbonyl (C=O) groups excluding carboxylic acids is 2. The highest BCUT2D eigenvalue weighted by Crippen LogP contribution is 2.02. The average Bonchev–Trinajstić information content (AvgIpc) is 2.39. The lowest BCUT2D eigenvalue weighted by atomic mass is 10.1. The van der Waals surface area contributed by atoms with Gasteiger partial charge in [-0.25, -0.2) is 4.79 Å². The largest absolute Gasteiger partial charge is 0.464 e. The van der Waals surface area contributed by atoms with Gasteiger partial charge < -0.3 is 10.1 Å². The molecule has 0 fully saturated rings. The van der Waals surface area contributed by atoms with Gasteiger partial charge in [0.25, 0.3) is 5.91 Å². The summed E-state index contributed by atoms with van der Waals surface area (Å²) in [4.78, 5) is 23.5. The Kier molecular flexibility index (Phi) is 6.06. The molecule has 0 heterocycles. The van der Waals surface area contributed by atoms with E-state index in [1.807, 2.05) is 6.07 Å². The molecule has 1 atom stereocenters. The van der Waals surface area contributed by atoms with Crippen LogP contribution in [-0.2, 0) is 9.53 Å². The zero-order chi connectivity index (χ0) is 14.3. The normalized spacial score (nSPS) is 12.0. The standard InChI is InChI=1S/C15H21NO3/c1-11(2)9-10-19-15(18)12(3)16-14(17)13-7-5-4-6-8-13/h4-8,11-12H,9-10H2,1-3H3,(H,16,17)/t12-/m1/s1. The fourth-order valence-electron chi connectivity index (χ4n) is 1.45. The molecule has 0 radical (unpaired) electrons. The van der Waals surface area contributed by atoms with Gasteiger partial charge in [0.2, 0.25) is 0 Å². The molecule has 1 aromatic rings. The van der Waals surface area contributed by atoms with Crippen LogP contribution < -0.4 is 5.32 Å². The molecule has 1 rings (SSSR count). The van der Waals surface area contributed by atoms with Crippen molar-refractivity contribution in [2.75, 3.05) is 6.61 Å². The summed E-state index contributed by atoms with van der Waals surface area (Å²) >= 11 is 0. The summed E-state index contributed by atoms with van der Waals surface area (Å²) in [7, 11) is 0. The molecule has 4 nitrogen and oxygen atoms in total. The number of amides is 1. The molecule has 0 unspecified atom stereocenters. The lowest BCUT2D eigenvalue weighted by molar-refractivity contribution is -0.145. The number of nitrogens with one attached hydrogen (secondary N) is 1. The lowest BCUT2D eigenvalue weighted by Crippen LogP contribution is -2.39. The minimum absolute atomic E-state index is 0.270. The van der Waals surface area contributed by atoms with Gasteiger partial charge in [0.15, 0.2) is 0 Å². The Balaban J connectivity index is 2.40. The quantitative estimate of drug-likeness (QED) is 0.802. The van der Waals surface area contributed by atoms with E-state index in [1.165, 1.54) is 0 Å². The van der Waals surface area contributed by atoms with Crippen LogP contribution in [0.5, 0.6) is 0 Å². The predicted molar refractivity (Wildman–Crippen MR) is 73.8 cm³/mol. The molecular formula is C15H21NO3. The molecule has 104 valence electrons. The zero-order valence-corrected chi connectivity index (χ0v) is 11.7. The maximum Gasteiger partial charge on any atom is 0.328 e. The predicted octanol–water partition coefficient (Wildman–Crippen LogP) is 2.39. The maximum absolute atomic E-state index is 11.8. The first-order valence-electron chi connectivity index (χ1n) is 6.53. The third-order valence-electron chi connectivity index (χ3n) is 2.68. The van der Waals surface area contributed by atoms with Gasteiger partial charge in [-0.2, -0.15) is 0 Å². The van der Waals surface area contributed by atoms with Crippen molar-refractivity contribution in [2.45, 2.75) is 33.2 Å². The van der Waals surface area contributed by atoms with Crippen LogP contribution >= 0.6 is 0 Å². The number of hydrogen-bond donors (Lipinski definition) is 1. The first-order chi connectivity index (χ1) is 9.00. The number of hydrogen-bond acceptors (Lipinski definition) is 3. The molecule has 1 amide bonds. The second kappa shape index (κ2) is 7.56. The van der Waals surface area contributed by atoms with Gasteiger partial charge in [-0.3, -0.25) is 4.79 Å². The average molecular weight is 263 g/mol. The summed E-state index contributed by atoms with van der Waals surface area (Å²) in [5, 5.41) is 2.62. The van der Waals surface area contributed by atoms with Gasteiger partial charge in [0, 0.05) is 5.56 Å². The molecule has 0 saturated carbocycles. The molecule has 0 bridgehead atoms. The van der Waals surface area contributed by atoms with Crippen molar-refractivity contribution < 1.29 is 14.3 Å². The van der Waals surface area contributed by atoms with Crippen molar-refractivity contribution in [3.63, 3.8) is 0 Å². The molecule has 4 heteroatoms. The molecule has 0 aliphatic carbocycles. The number of benzene rings is 1. The summed E-state index contributed by atoms with van der Waals surface area (Å²) < 4.78 is 5.10. The van der Waals surface area contributed by atoms with E-state index >= 15 is 0 Å². The minimum Gasteiger partial charge on any atom is -0.464 e. The Morgan fingerprint density at radius 1 is 1.16 bits per heavy atom. The van der Waals surface area contributed by atoms with Gasteiger partial charge in [-0.15, -0.1) is 0 Å². The third kappa shape index (κ3) is 5.55. The molecule has 0 aromatic heterocycles. The molecule has 1 N–H and O–H groups in total. The van der Waals surface area contributed by atoms with Gasteiger partial charge in [-0.05, 0) is 31.4 Å². The van der Waals surface area contributed by atoms with Crippen LogP contribution in [0.2, 0.25) is 0 Å². The van der Waals surface area contributed by atoms with Crippen LogP contribution in [-0.4, -0.2) is 24.5 Å². The molecule has 0 spiro atoms. The number of ether oxygens (including phenoxy) is 1. The van der Waals surface area contributed by atoms with E-state index in [9.17, 15) is 9.59 Å². The van der Waals surface area contributed by atoms with Crippen LogP contribution in [0.4, 0.5) is 0 Å². The van der Waals surface area contributed by atoms with Crippen molar-refractivity contribution in [1.82, 2.24) is 5.32 Å². The van der Waals surface area contributed by atoms with E-state index in [0.29, 0.717) is 18.1 Å². The molecule has 0 aliphatic heterocycles. The van der Waals surface area contributed by atoms with Crippen LogP contribution in [0.1, 0.15) is 37.6 Å². The highest BCUT2D eigenvalue weighted by molar-refractivity contribution is 5.96. The van der Waals surface area contributed by atoms with E-state index in [0.717, 1.165) is 6.42 Å². The number of rotatable bonds is 6. The highest BCUT2D eigenvalue weighted by Gasteiger charge is 2.17. The van der Waals surface area contributed by atoms with Gasteiger partial charge in [0.1, 0.15) is 6.04 Å². The summed E-state index contributed by atoms with van der Waals surface area (Å²) in [6, 6.07) is 8.15. The van der Waals surface area contributed by atoms with Crippen LogP contribution in [0.25, 0.3) is 0 Å². The molecule has 0 aliphatic rings. The Hall–Kier alpha value is -1.84. The summed E-state index contributed by atoms with van der Waals surface area (Å²) in [5.74, 6) is -0.180. The summed E-state index contributed by atoms with van der Waals surface area (Å²) in [5.41, 5.74) is 0.532. The second-order valence-corrected chi connectivity index (χ2v) is 4.91. The first kappa shape index (κ1) is 15.2. The van der Waals surface area contributed by atoms with Gasteiger partial charge >= 0.3 is 5.97 Å². The Bertz CT molecular complexity index is 415. The second-order valence-electron chi connectivity index (χ2n) is 4.91. The molecular weight excluding hydrogens is 242 g/mol. The fraction of sp³-hybridized carbons (Fsp3) is 0.467. The SMILES string of the molecule is CC(C)CCOC(=O)[C@@H](C)NC(=O)c1ccccc1. The first-order valence-corrected chi connectivity index (χ1v) is 6.53. The van der Waals surface area contributed by atoms with Crippen molar-refractivity contribution in [2.24, 2.45) is 5.92 Å². The smallest absolute Gasteiger partial charge is 0.328 e. The summed E-state index contributed by atoms with van der Waals surface area (Å²) in [6.07, 6.45) is 0.824. The van der Waals surface area contributed by atoms with Crippen molar-refractivity contribution in [1.29, 1.82) is 0 Å². The van der Waals surface area contributed by atoms with Gasteiger partial charge in [0.05, 0.1) is 6.61 Å². The molecule has 19 heavy (non-hydrogen) atoms. The topological polar surface area (TPSA) is 55.4 Å². The van der Waals surface area contributed by atoms with E-state index in [-0.39, 0.29) is 5.91 Å². The third-order valence-corrected chi connectivity index (χ3v) is 2.68. The number of carbonyl (C=O) groups is 2. The highest BCUT2D eigenvalue weighted by atomic mass is 16.5. The molecule has 0 saturated heterocycles. The van der Waals surface area contributed by atoms with Crippen LogP contribution in [0.3, 0.4) is 0 Å². The summed E-state index contributed by atoms with van der Waals surface area (Å²) in [6.45, 7) is 6.14. The monoisotopic (exact) mass is 263 g/mol. The zero-order valence-electron chi connectivity index (χ0n) is 11.7. The van der Waals surface area contributed by atoms with E-state index < -0.39 is 12.0 Å². The number of esters is 1. The Labute approximate surface area is 114 Å². The fourth-order valence-corrected chi connectivity index (χ4v) is 1.45.